The summed E-state index contributed by atoms with van der Waals surface area (Å²) in [5, 5.41) is 2.79. The summed E-state index contributed by atoms with van der Waals surface area (Å²) in [7, 11) is 0. The molecule has 4 rings (SSSR count). The molecule has 0 unspecified atom stereocenters. The average molecular weight is 402 g/mol. The first-order valence-corrected chi connectivity index (χ1v) is 9.17. The Labute approximate surface area is 165 Å². The van der Waals surface area contributed by atoms with E-state index in [9.17, 15) is 14.0 Å². The van der Waals surface area contributed by atoms with Crippen LogP contribution in [0.3, 0.4) is 0 Å². The number of anilines is 1. The summed E-state index contributed by atoms with van der Waals surface area (Å²) >= 11 is 5.75. The van der Waals surface area contributed by atoms with Gasteiger partial charge in [-0.2, -0.15) is 0 Å². The van der Waals surface area contributed by atoms with E-state index in [2.05, 4.69) is 10.3 Å². The highest BCUT2D eigenvalue weighted by Gasteiger charge is 2.35. The van der Waals surface area contributed by atoms with Gasteiger partial charge in [-0.25, -0.2) is 9.37 Å². The fraction of sp³-hybridized carbons (Fsp3) is 0.250. The standard InChI is InChI=1S/C20H17ClFN3O3/c1-11-24-17-8-14(3-5-18(17)28-11)25-10-13(7-19(25)26)20(27)23-9-12-2-4-16(22)15(21)6-12/h2-6,8,13H,7,9-10H2,1H3,(H,23,27)/t13-/m1/s1. The number of aromatic nitrogens is 1. The van der Waals surface area contributed by atoms with E-state index >= 15 is 0 Å². The Balaban J connectivity index is 1.42. The minimum absolute atomic E-state index is 0.00690. The molecule has 0 spiro atoms. The smallest absolute Gasteiger partial charge is 0.227 e. The molecule has 6 nitrogen and oxygen atoms in total. The van der Waals surface area contributed by atoms with Crippen LogP contribution in [-0.4, -0.2) is 23.3 Å². The lowest BCUT2D eigenvalue weighted by Gasteiger charge is -2.16. The Morgan fingerprint density at radius 2 is 2.18 bits per heavy atom. The zero-order chi connectivity index (χ0) is 19.8. The number of hydrogen-bond acceptors (Lipinski definition) is 4. The first kappa shape index (κ1) is 18.4. The lowest BCUT2D eigenvalue weighted by molar-refractivity contribution is -0.126. The molecule has 8 heteroatoms. The summed E-state index contributed by atoms with van der Waals surface area (Å²) in [6.45, 7) is 2.26. The van der Waals surface area contributed by atoms with Gasteiger partial charge in [0.05, 0.1) is 10.9 Å². The van der Waals surface area contributed by atoms with Crippen LogP contribution >= 0.6 is 11.6 Å². The van der Waals surface area contributed by atoms with Crippen LogP contribution in [0.25, 0.3) is 11.1 Å². The second kappa shape index (κ2) is 7.24. The summed E-state index contributed by atoms with van der Waals surface area (Å²) < 4.78 is 18.7. The number of halogens is 2. The van der Waals surface area contributed by atoms with Crippen molar-refractivity contribution in [3.05, 3.63) is 58.7 Å². The van der Waals surface area contributed by atoms with Gasteiger partial charge in [-0.1, -0.05) is 17.7 Å². The first-order chi connectivity index (χ1) is 13.4. The Morgan fingerprint density at radius 3 is 2.96 bits per heavy atom. The zero-order valence-corrected chi connectivity index (χ0v) is 15.8. The van der Waals surface area contributed by atoms with E-state index in [-0.39, 0.29) is 36.3 Å². The quantitative estimate of drug-likeness (QED) is 0.724. The highest BCUT2D eigenvalue weighted by molar-refractivity contribution is 6.30. The number of hydrogen-bond donors (Lipinski definition) is 1. The monoisotopic (exact) mass is 401 g/mol. The van der Waals surface area contributed by atoms with Crippen LogP contribution in [0.15, 0.2) is 40.8 Å². The van der Waals surface area contributed by atoms with Crippen LogP contribution in [0, 0.1) is 18.7 Å². The molecule has 2 amide bonds. The third-order valence-corrected chi connectivity index (χ3v) is 5.03. The molecule has 1 N–H and O–H groups in total. The number of rotatable bonds is 4. The van der Waals surface area contributed by atoms with E-state index in [1.54, 1.807) is 36.1 Å². The van der Waals surface area contributed by atoms with Gasteiger partial charge in [-0.05, 0) is 35.9 Å². The number of carbonyl (C=O) groups is 2. The molecule has 0 aliphatic carbocycles. The summed E-state index contributed by atoms with van der Waals surface area (Å²) in [6, 6.07) is 9.62. The van der Waals surface area contributed by atoms with E-state index in [0.717, 1.165) is 0 Å². The highest BCUT2D eigenvalue weighted by Crippen LogP contribution is 2.28. The number of amides is 2. The molecule has 1 aromatic heterocycles. The number of nitrogens with zero attached hydrogens (tertiary/aromatic N) is 2. The molecule has 1 saturated heterocycles. The number of carbonyl (C=O) groups excluding carboxylic acids is 2. The van der Waals surface area contributed by atoms with Crippen LogP contribution in [0.2, 0.25) is 5.02 Å². The van der Waals surface area contributed by atoms with Crippen LogP contribution < -0.4 is 10.2 Å². The lowest BCUT2D eigenvalue weighted by Crippen LogP contribution is -2.32. The highest BCUT2D eigenvalue weighted by atomic mass is 35.5. The summed E-state index contributed by atoms with van der Waals surface area (Å²) in [6.07, 6.45) is 0.131. The molecule has 3 aromatic rings. The fourth-order valence-corrected chi connectivity index (χ4v) is 3.52. The van der Waals surface area contributed by atoms with Gasteiger partial charge < -0.3 is 14.6 Å². The topological polar surface area (TPSA) is 75.4 Å². The number of fused-ring (bicyclic) bond motifs is 1. The third-order valence-electron chi connectivity index (χ3n) is 4.74. The normalized spacial score (nSPS) is 16.8. The van der Waals surface area contributed by atoms with Crippen LogP contribution in [-0.2, 0) is 16.1 Å². The Morgan fingerprint density at radius 1 is 1.36 bits per heavy atom. The molecule has 144 valence electrons. The maximum absolute atomic E-state index is 13.2. The average Bonchev–Trinajstić information content (AvgIpc) is 3.23. The van der Waals surface area contributed by atoms with Crippen molar-refractivity contribution >= 4 is 40.2 Å². The molecule has 0 radical (unpaired) electrons. The molecule has 2 heterocycles. The predicted octanol–water partition coefficient (Wildman–Crippen LogP) is 3.60. The van der Waals surface area contributed by atoms with Gasteiger partial charge in [0.25, 0.3) is 0 Å². The van der Waals surface area contributed by atoms with Crippen molar-refractivity contribution < 1.29 is 18.4 Å². The molecule has 1 fully saturated rings. The zero-order valence-electron chi connectivity index (χ0n) is 15.0. The second-order valence-corrected chi connectivity index (χ2v) is 7.16. The minimum Gasteiger partial charge on any atom is -0.441 e. The van der Waals surface area contributed by atoms with Crippen molar-refractivity contribution in [2.75, 3.05) is 11.4 Å². The van der Waals surface area contributed by atoms with Gasteiger partial charge in [0, 0.05) is 32.1 Å². The minimum atomic E-state index is -0.506. The molecule has 1 aliphatic heterocycles. The fourth-order valence-electron chi connectivity index (χ4n) is 3.31. The molecule has 1 atom stereocenters. The van der Waals surface area contributed by atoms with E-state index in [1.165, 1.54) is 12.1 Å². The van der Waals surface area contributed by atoms with Gasteiger partial charge in [0.15, 0.2) is 11.5 Å². The molecular weight excluding hydrogens is 385 g/mol. The number of benzene rings is 2. The summed E-state index contributed by atoms with van der Waals surface area (Å²) in [5.74, 6) is -0.761. The van der Waals surface area contributed by atoms with Crippen molar-refractivity contribution in [2.24, 2.45) is 5.92 Å². The number of nitrogens with one attached hydrogen (secondary N) is 1. The van der Waals surface area contributed by atoms with E-state index in [4.69, 9.17) is 16.0 Å². The molecular formula is C20H17ClFN3O3. The summed E-state index contributed by atoms with van der Waals surface area (Å²) in [5.41, 5.74) is 2.70. The van der Waals surface area contributed by atoms with Gasteiger partial charge in [-0.15, -0.1) is 0 Å². The van der Waals surface area contributed by atoms with Crippen LogP contribution in [0.1, 0.15) is 17.9 Å². The van der Waals surface area contributed by atoms with Gasteiger partial charge in [-0.3, -0.25) is 9.59 Å². The van der Waals surface area contributed by atoms with Gasteiger partial charge >= 0.3 is 0 Å². The van der Waals surface area contributed by atoms with Gasteiger partial charge in [0.2, 0.25) is 11.8 Å². The summed E-state index contributed by atoms with van der Waals surface area (Å²) in [4.78, 5) is 30.8. The molecule has 2 aromatic carbocycles. The Bertz CT molecular complexity index is 1080. The SMILES string of the molecule is Cc1nc2cc(N3C[C@H](C(=O)NCc4ccc(F)c(Cl)c4)CC3=O)ccc2o1. The van der Waals surface area contributed by atoms with E-state index < -0.39 is 11.7 Å². The molecule has 0 bridgehead atoms. The van der Waals surface area contributed by atoms with E-state index in [0.29, 0.717) is 28.2 Å². The van der Waals surface area contributed by atoms with Gasteiger partial charge in [0.1, 0.15) is 11.3 Å². The second-order valence-electron chi connectivity index (χ2n) is 6.76. The molecule has 28 heavy (non-hydrogen) atoms. The van der Waals surface area contributed by atoms with Crippen molar-refractivity contribution in [1.29, 1.82) is 0 Å². The first-order valence-electron chi connectivity index (χ1n) is 8.80. The van der Waals surface area contributed by atoms with Crippen LogP contribution in [0.5, 0.6) is 0 Å². The number of oxazole rings is 1. The predicted molar refractivity (Wildman–Crippen MR) is 102 cm³/mol. The van der Waals surface area contributed by atoms with Crippen molar-refractivity contribution in [3.8, 4) is 0 Å². The maximum Gasteiger partial charge on any atom is 0.227 e. The lowest BCUT2D eigenvalue weighted by atomic mass is 10.1. The Hall–Kier alpha value is -2.93. The van der Waals surface area contributed by atoms with Crippen LogP contribution in [0.4, 0.5) is 10.1 Å². The third kappa shape index (κ3) is 3.57. The van der Waals surface area contributed by atoms with E-state index in [1.807, 2.05) is 0 Å². The number of aryl methyl sites for hydroxylation is 1. The van der Waals surface area contributed by atoms with Crippen molar-refractivity contribution in [1.82, 2.24) is 10.3 Å². The van der Waals surface area contributed by atoms with Crippen molar-refractivity contribution in [2.45, 2.75) is 19.9 Å². The Kier molecular flexibility index (Phi) is 4.77. The maximum atomic E-state index is 13.2. The molecule has 1 aliphatic rings. The largest absolute Gasteiger partial charge is 0.441 e. The van der Waals surface area contributed by atoms with Crippen molar-refractivity contribution in [3.63, 3.8) is 0 Å². The molecule has 0 saturated carbocycles.